The van der Waals surface area contributed by atoms with Crippen LogP contribution in [0, 0.1) is 0 Å². The summed E-state index contributed by atoms with van der Waals surface area (Å²) >= 11 is 0. The summed E-state index contributed by atoms with van der Waals surface area (Å²) in [5.74, 6) is -1.11. The Morgan fingerprint density at radius 1 is 1.17 bits per heavy atom. The van der Waals surface area contributed by atoms with E-state index in [9.17, 15) is 9.59 Å². The van der Waals surface area contributed by atoms with Crippen molar-refractivity contribution in [2.24, 2.45) is 0 Å². The van der Waals surface area contributed by atoms with Crippen LogP contribution in [0.1, 0.15) is 20.7 Å². The molecule has 0 saturated carbocycles. The molecule has 4 heteroatoms. The van der Waals surface area contributed by atoms with E-state index in [0.717, 1.165) is 0 Å². The molecular formula is C8H5O3P. The number of hydrogen-bond acceptors (Lipinski definition) is 3. The second-order valence-corrected chi connectivity index (χ2v) is 3.07. The molecule has 0 N–H and O–H groups in total. The molecule has 1 atom stereocenters. The number of carbonyl (C=O) groups is 2. The van der Waals surface area contributed by atoms with E-state index in [-0.39, 0.29) is 0 Å². The number of rotatable bonds is 0. The highest BCUT2D eigenvalue weighted by Crippen LogP contribution is 2.18. The molecule has 0 spiro atoms. The normalized spacial score (nSPS) is 14.4. The Hall–Kier alpha value is -1.21. The van der Waals surface area contributed by atoms with Gasteiger partial charge in [-0.05, 0) is 11.4 Å². The maximum Gasteiger partial charge on any atom is 0.347 e. The fraction of sp³-hybridized carbons (Fsp3) is 0. The van der Waals surface area contributed by atoms with Crippen LogP contribution in [0.3, 0.4) is 0 Å². The number of fused-ring (bicyclic) bond motifs is 1. The summed E-state index contributed by atoms with van der Waals surface area (Å²) in [6.07, 6.45) is 0. The lowest BCUT2D eigenvalue weighted by Gasteiger charge is -1.94. The van der Waals surface area contributed by atoms with Crippen molar-refractivity contribution in [1.29, 1.82) is 0 Å². The topological polar surface area (TPSA) is 43.4 Å². The van der Waals surface area contributed by atoms with Crippen LogP contribution in [-0.2, 0) is 4.74 Å². The Kier molecular flexibility index (Phi) is 1.48. The fourth-order valence-corrected chi connectivity index (χ4v) is 1.54. The second kappa shape index (κ2) is 2.39. The lowest BCUT2D eigenvalue weighted by Crippen LogP contribution is -2.06. The van der Waals surface area contributed by atoms with Gasteiger partial charge in [0, 0.05) is 0 Å². The van der Waals surface area contributed by atoms with E-state index in [4.69, 9.17) is 0 Å². The molecule has 1 aliphatic heterocycles. The maximum atomic E-state index is 11.0. The van der Waals surface area contributed by atoms with E-state index in [1.807, 2.05) is 0 Å². The smallest absolute Gasteiger partial charge is 0.347 e. The van der Waals surface area contributed by atoms with Gasteiger partial charge in [-0.1, -0.05) is 12.1 Å². The SMILES string of the molecule is O=C1OC(=O)c2c(P)cccc21. The van der Waals surface area contributed by atoms with E-state index in [1.54, 1.807) is 18.2 Å². The highest BCUT2D eigenvalue weighted by Gasteiger charge is 2.30. The Bertz CT molecular complexity index is 384. The number of ether oxygens (including phenoxy) is 1. The van der Waals surface area contributed by atoms with Crippen LogP contribution in [0.15, 0.2) is 18.2 Å². The van der Waals surface area contributed by atoms with E-state index >= 15 is 0 Å². The van der Waals surface area contributed by atoms with Gasteiger partial charge in [-0.15, -0.1) is 9.24 Å². The summed E-state index contributed by atoms with van der Waals surface area (Å²) in [6, 6.07) is 5.03. The van der Waals surface area contributed by atoms with Crippen molar-refractivity contribution >= 4 is 26.5 Å². The van der Waals surface area contributed by atoms with Crippen LogP contribution >= 0.6 is 9.24 Å². The number of hydrogen-bond donors (Lipinski definition) is 0. The Balaban J connectivity index is 2.75. The molecule has 1 aromatic rings. The number of benzene rings is 1. The third-order valence-electron chi connectivity index (χ3n) is 1.71. The molecule has 1 heterocycles. The molecule has 60 valence electrons. The van der Waals surface area contributed by atoms with E-state index < -0.39 is 11.9 Å². The third kappa shape index (κ3) is 0.868. The lowest BCUT2D eigenvalue weighted by molar-refractivity contribution is 0.0444. The summed E-state index contributed by atoms with van der Waals surface area (Å²) < 4.78 is 4.42. The van der Waals surface area contributed by atoms with Gasteiger partial charge in [0.1, 0.15) is 0 Å². The summed E-state index contributed by atoms with van der Waals surface area (Å²) in [5, 5.41) is 0.698. The fourth-order valence-electron chi connectivity index (χ4n) is 1.16. The molecule has 12 heavy (non-hydrogen) atoms. The zero-order valence-electron chi connectivity index (χ0n) is 6.03. The van der Waals surface area contributed by atoms with Crippen molar-refractivity contribution in [2.75, 3.05) is 0 Å². The van der Waals surface area contributed by atoms with Crippen LogP contribution in [0.4, 0.5) is 0 Å². The van der Waals surface area contributed by atoms with Gasteiger partial charge in [-0.2, -0.15) is 0 Å². The predicted octanol–water partition coefficient (Wildman–Crippen LogP) is 0.498. The molecule has 1 aliphatic rings. The first-order valence-corrected chi connectivity index (χ1v) is 3.93. The van der Waals surface area contributed by atoms with Gasteiger partial charge in [0.25, 0.3) is 0 Å². The molecular weight excluding hydrogens is 175 g/mol. The molecule has 0 bridgehead atoms. The molecule has 0 radical (unpaired) electrons. The Morgan fingerprint density at radius 2 is 1.92 bits per heavy atom. The van der Waals surface area contributed by atoms with Crippen molar-refractivity contribution in [3.63, 3.8) is 0 Å². The molecule has 3 nitrogen and oxygen atoms in total. The summed E-state index contributed by atoms with van der Waals surface area (Å²) in [6.45, 7) is 0. The van der Waals surface area contributed by atoms with Gasteiger partial charge in [-0.3, -0.25) is 0 Å². The highest BCUT2D eigenvalue weighted by molar-refractivity contribution is 7.27. The minimum atomic E-state index is -0.556. The van der Waals surface area contributed by atoms with E-state index in [1.165, 1.54) is 0 Å². The van der Waals surface area contributed by atoms with Gasteiger partial charge in [-0.25, -0.2) is 9.59 Å². The largest absolute Gasteiger partial charge is 0.386 e. The molecule has 0 saturated heterocycles. The third-order valence-corrected chi connectivity index (χ3v) is 2.19. The molecule has 0 aliphatic carbocycles. The zero-order valence-corrected chi connectivity index (χ0v) is 7.19. The minimum Gasteiger partial charge on any atom is -0.386 e. The average Bonchev–Trinajstić information content (AvgIpc) is 2.29. The lowest BCUT2D eigenvalue weighted by atomic mass is 10.1. The molecule has 0 fully saturated rings. The van der Waals surface area contributed by atoms with Crippen molar-refractivity contribution in [3.8, 4) is 0 Å². The van der Waals surface area contributed by atoms with Crippen molar-refractivity contribution in [3.05, 3.63) is 29.3 Å². The van der Waals surface area contributed by atoms with Crippen LogP contribution < -0.4 is 5.30 Å². The van der Waals surface area contributed by atoms with Crippen LogP contribution in [-0.4, -0.2) is 11.9 Å². The van der Waals surface area contributed by atoms with E-state index in [0.29, 0.717) is 16.4 Å². The van der Waals surface area contributed by atoms with Crippen LogP contribution in [0.25, 0.3) is 0 Å². The quantitative estimate of drug-likeness (QED) is 0.331. The second-order valence-electron chi connectivity index (χ2n) is 2.45. The summed E-state index contributed by atoms with van der Waals surface area (Å²) in [5.41, 5.74) is 0.722. The van der Waals surface area contributed by atoms with Crippen molar-refractivity contribution < 1.29 is 14.3 Å². The summed E-state index contributed by atoms with van der Waals surface area (Å²) in [4.78, 5) is 22.0. The van der Waals surface area contributed by atoms with Gasteiger partial charge >= 0.3 is 11.9 Å². The molecule has 2 rings (SSSR count). The first kappa shape index (κ1) is 7.44. The first-order chi connectivity index (χ1) is 5.70. The average molecular weight is 180 g/mol. The molecule has 0 aromatic heterocycles. The van der Waals surface area contributed by atoms with Gasteiger partial charge in [0.2, 0.25) is 0 Å². The monoisotopic (exact) mass is 180 g/mol. The standard InChI is InChI=1S/C8H5O3P/c9-7-4-2-1-3-5(12)6(4)8(10)11-7/h1-3H,12H2. The van der Waals surface area contributed by atoms with Crippen molar-refractivity contribution in [1.82, 2.24) is 0 Å². The Morgan fingerprint density at radius 3 is 2.58 bits per heavy atom. The number of carbonyl (C=O) groups excluding carboxylic acids is 2. The highest BCUT2D eigenvalue weighted by atomic mass is 31.0. The molecule has 1 unspecified atom stereocenters. The molecule has 1 aromatic carbocycles. The number of cyclic esters (lactones) is 2. The maximum absolute atomic E-state index is 11.0. The Labute approximate surface area is 70.9 Å². The van der Waals surface area contributed by atoms with Crippen LogP contribution in [0.5, 0.6) is 0 Å². The van der Waals surface area contributed by atoms with Gasteiger partial charge in [0.15, 0.2) is 0 Å². The van der Waals surface area contributed by atoms with Gasteiger partial charge in [0.05, 0.1) is 11.1 Å². The molecule has 0 amide bonds. The van der Waals surface area contributed by atoms with Gasteiger partial charge < -0.3 is 4.74 Å². The predicted molar refractivity (Wildman–Crippen MR) is 45.5 cm³/mol. The zero-order chi connectivity index (χ0) is 8.72. The minimum absolute atomic E-state index is 0.354. The number of esters is 2. The van der Waals surface area contributed by atoms with E-state index in [2.05, 4.69) is 14.0 Å². The summed E-state index contributed by atoms with van der Waals surface area (Å²) in [7, 11) is 2.39. The van der Waals surface area contributed by atoms with Crippen LogP contribution in [0.2, 0.25) is 0 Å². The first-order valence-electron chi connectivity index (χ1n) is 3.35. The van der Waals surface area contributed by atoms with Crippen molar-refractivity contribution in [2.45, 2.75) is 0 Å².